The third-order valence-electron chi connectivity index (χ3n) is 15.9. The van der Waals surface area contributed by atoms with E-state index in [0.717, 1.165) is 71.9 Å². The van der Waals surface area contributed by atoms with E-state index >= 15 is 0 Å². The lowest BCUT2D eigenvalue weighted by molar-refractivity contribution is -0.143. The summed E-state index contributed by atoms with van der Waals surface area (Å²) >= 11 is 0. The molecule has 2 aromatic carbocycles. The van der Waals surface area contributed by atoms with Gasteiger partial charge >= 0.3 is 11.9 Å². The van der Waals surface area contributed by atoms with Crippen LogP contribution >= 0.6 is 0 Å². The summed E-state index contributed by atoms with van der Waals surface area (Å²) in [6.07, 6.45) is 43.0. The van der Waals surface area contributed by atoms with Gasteiger partial charge in [-0.1, -0.05) is 307 Å². The summed E-state index contributed by atoms with van der Waals surface area (Å²) in [6.45, 7) is 30.9. The van der Waals surface area contributed by atoms with Crippen molar-refractivity contribution in [1.82, 2.24) is 0 Å². The lowest BCUT2D eigenvalue weighted by Crippen LogP contribution is -2.34. The number of aromatic hydroxyl groups is 2. The van der Waals surface area contributed by atoms with E-state index in [4.69, 9.17) is 9.47 Å². The normalized spacial score (nSPS) is 12.8. The topological polar surface area (TPSA) is 93.1 Å². The van der Waals surface area contributed by atoms with Crippen molar-refractivity contribution in [3.63, 3.8) is 0 Å². The fraction of sp³-hybridized carbons (Fsp3) is 0.771. The van der Waals surface area contributed by atoms with Gasteiger partial charge in [0.05, 0.1) is 13.2 Å². The molecule has 2 N–H and O–H groups in total. The van der Waals surface area contributed by atoms with Crippen molar-refractivity contribution >= 4 is 11.9 Å². The molecule has 6 heteroatoms. The monoisotopic (exact) mass is 1060 g/mol. The minimum Gasteiger partial charge on any atom is -0.507 e. The lowest BCUT2D eigenvalue weighted by Gasteiger charge is -2.36. The molecule has 0 aliphatic heterocycles. The molecule has 0 bridgehead atoms. The van der Waals surface area contributed by atoms with Crippen molar-refractivity contribution in [1.29, 1.82) is 0 Å². The summed E-state index contributed by atoms with van der Waals surface area (Å²) in [5.41, 5.74) is 4.07. The van der Waals surface area contributed by atoms with Gasteiger partial charge in [0.1, 0.15) is 11.5 Å². The molecule has 0 heterocycles. The highest BCUT2D eigenvalue weighted by Gasteiger charge is 2.36. The molecule has 2 rings (SSSR count). The number of hydrogen-bond acceptors (Lipinski definition) is 6. The van der Waals surface area contributed by atoms with E-state index in [9.17, 15) is 19.8 Å². The second-order valence-corrected chi connectivity index (χ2v) is 27.7. The lowest BCUT2D eigenvalue weighted by atomic mass is 9.70. The smallest absolute Gasteiger partial charge is 0.331 e. The van der Waals surface area contributed by atoms with E-state index in [1.165, 1.54) is 173 Å². The Morgan fingerprint density at radius 3 is 0.908 bits per heavy atom. The summed E-state index contributed by atoms with van der Waals surface area (Å²) in [5, 5.41) is 23.6. The van der Waals surface area contributed by atoms with Crippen molar-refractivity contribution in [2.24, 2.45) is 5.41 Å². The summed E-state index contributed by atoms with van der Waals surface area (Å²) in [4.78, 5) is 26.7. The first kappa shape index (κ1) is 68.8. The highest BCUT2D eigenvalue weighted by atomic mass is 16.5. The van der Waals surface area contributed by atoms with Crippen molar-refractivity contribution in [3.05, 3.63) is 69.8 Å². The molecule has 0 aromatic heterocycles. The van der Waals surface area contributed by atoms with Crippen LogP contribution < -0.4 is 0 Å². The van der Waals surface area contributed by atoms with Crippen LogP contribution in [0, 0.1) is 5.41 Å². The molecule has 76 heavy (non-hydrogen) atoms. The maximum Gasteiger partial charge on any atom is 0.331 e. The van der Waals surface area contributed by atoms with E-state index in [0.29, 0.717) is 30.9 Å². The average Bonchev–Trinajstić information content (AvgIpc) is 3.33. The van der Waals surface area contributed by atoms with E-state index in [-0.39, 0.29) is 28.3 Å². The molecular formula is C70H120O6. The fourth-order valence-electron chi connectivity index (χ4n) is 11.1. The quantitative estimate of drug-likeness (QED) is 0.0392. The van der Waals surface area contributed by atoms with Crippen LogP contribution in [0.2, 0.25) is 0 Å². The minimum atomic E-state index is -0.558. The zero-order valence-corrected chi connectivity index (χ0v) is 52.2. The van der Waals surface area contributed by atoms with E-state index in [1.807, 2.05) is 0 Å². The molecule has 0 amide bonds. The largest absolute Gasteiger partial charge is 0.507 e. The summed E-state index contributed by atoms with van der Waals surface area (Å²) in [7, 11) is 0. The fourth-order valence-corrected chi connectivity index (χ4v) is 11.1. The van der Waals surface area contributed by atoms with Crippen LogP contribution in [-0.2, 0) is 53.6 Å². The SMILES string of the molecule is CCCCCCCCCCCCCCCCCCOC(=O)/C=C\C(=O)OCC(CCCCCCCCCCCCCCCC)(Cc1cc(C(C)(C)C)c(O)c(C(C)(C)C)c1)Cc1cc(C(C)(C)C)c(O)c(C(C)(C)C)c1. The highest BCUT2D eigenvalue weighted by molar-refractivity contribution is 5.91. The van der Waals surface area contributed by atoms with E-state index in [1.54, 1.807) is 0 Å². The van der Waals surface area contributed by atoms with E-state index in [2.05, 4.69) is 121 Å². The average molecular weight is 1060 g/mol. The standard InChI is InChI=1S/C70H120O6/c1-15-17-19-21-23-25-27-29-31-32-34-36-38-40-42-44-48-75-62(71)45-46-63(72)76-55-70(47-43-41-39-37-35-33-30-28-26-24-22-20-18-16-2,53-56-49-58(66(3,4)5)64(73)59(50-56)67(6,7)8)54-57-51-60(68(9,10)11)65(74)61(52-57)69(12,13)14/h45-46,49-52,73-74H,15-44,47-48,53-55H2,1-14H3/b46-45-. The number of phenolic OH excluding ortho intramolecular Hbond substituents is 2. The molecule has 436 valence electrons. The molecule has 0 unspecified atom stereocenters. The first-order chi connectivity index (χ1) is 35.8. The molecule has 2 aromatic rings. The molecule has 0 radical (unpaired) electrons. The third kappa shape index (κ3) is 28.6. The van der Waals surface area contributed by atoms with Gasteiger partial charge in [-0.15, -0.1) is 0 Å². The second-order valence-electron chi connectivity index (χ2n) is 27.7. The van der Waals surface area contributed by atoms with Crippen LogP contribution in [0.5, 0.6) is 11.5 Å². The number of carbonyl (C=O) groups excluding carboxylic acids is 2. The molecule has 0 spiro atoms. The number of esters is 2. The van der Waals surface area contributed by atoms with Crippen LogP contribution in [0.3, 0.4) is 0 Å². The van der Waals surface area contributed by atoms with Gasteiger partial charge in [-0.3, -0.25) is 0 Å². The van der Waals surface area contributed by atoms with Crippen LogP contribution in [0.25, 0.3) is 0 Å². The van der Waals surface area contributed by atoms with Crippen LogP contribution in [0.1, 0.15) is 329 Å². The van der Waals surface area contributed by atoms with Gasteiger partial charge in [0, 0.05) is 17.6 Å². The molecule has 0 saturated heterocycles. The first-order valence-electron chi connectivity index (χ1n) is 31.6. The Kier molecular flexibility index (Phi) is 32.7. The number of benzene rings is 2. The van der Waals surface area contributed by atoms with Crippen molar-refractivity contribution in [2.75, 3.05) is 13.2 Å². The number of carbonyl (C=O) groups is 2. The molecule has 0 aliphatic rings. The zero-order valence-electron chi connectivity index (χ0n) is 52.2. The number of rotatable bonds is 40. The zero-order chi connectivity index (χ0) is 56.7. The Morgan fingerprint density at radius 2 is 0.632 bits per heavy atom. The van der Waals surface area contributed by atoms with Crippen LogP contribution in [0.4, 0.5) is 0 Å². The summed E-state index contributed by atoms with van der Waals surface area (Å²) < 4.78 is 11.9. The molecule has 0 fully saturated rings. The third-order valence-corrected chi connectivity index (χ3v) is 15.9. The molecule has 0 saturated carbocycles. The van der Waals surface area contributed by atoms with Crippen molar-refractivity contribution in [3.8, 4) is 11.5 Å². The number of ether oxygens (including phenoxy) is 2. The van der Waals surface area contributed by atoms with Crippen LogP contribution in [0.15, 0.2) is 36.4 Å². The minimum absolute atomic E-state index is 0.149. The Balaban J connectivity index is 2.30. The first-order valence-corrected chi connectivity index (χ1v) is 31.6. The molecule has 6 nitrogen and oxygen atoms in total. The summed E-state index contributed by atoms with van der Waals surface area (Å²) in [5.74, 6) is -0.378. The Bertz CT molecular complexity index is 1770. The summed E-state index contributed by atoms with van der Waals surface area (Å²) in [6, 6.07) is 8.72. The van der Waals surface area contributed by atoms with Gasteiger partial charge in [0.15, 0.2) is 0 Å². The van der Waals surface area contributed by atoms with Gasteiger partial charge in [-0.05, 0) is 80.7 Å². The molecular weight excluding hydrogens is 937 g/mol. The maximum absolute atomic E-state index is 13.8. The Morgan fingerprint density at radius 1 is 0.382 bits per heavy atom. The Labute approximate surface area is 469 Å². The number of phenols is 2. The second kappa shape index (κ2) is 36.1. The number of unbranched alkanes of at least 4 members (excludes halogenated alkanes) is 28. The Hall–Kier alpha value is -3.28. The van der Waals surface area contributed by atoms with Gasteiger partial charge in [-0.2, -0.15) is 0 Å². The highest BCUT2D eigenvalue weighted by Crippen LogP contribution is 2.45. The number of hydrogen-bond donors (Lipinski definition) is 2. The van der Waals surface area contributed by atoms with Crippen molar-refractivity contribution in [2.45, 2.75) is 330 Å². The predicted octanol–water partition coefficient (Wildman–Crippen LogP) is 20.8. The van der Waals surface area contributed by atoms with Crippen LogP contribution in [-0.4, -0.2) is 35.4 Å². The van der Waals surface area contributed by atoms with Gasteiger partial charge in [0.2, 0.25) is 0 Å². The van der Waals surface area contributed by atoms with Gasteiger partial charge in [-0.25, -0.2) is 9.59 Å². The molecule has 0 atom stereocenters. The predicted molar refractivity (Wildman–Crippen MR) is 326 cm³/mol. The van der Waals surface area contributed by atoms with Crippen molar-refractivity contribution < 1.29 is 29.3 Å². The van der Waals surface area contributed by atoms with E-state index < -0.39 is 17.4 Å². The van der Waals surface area contributed by atoms with Gasteiger partial charge < -0.3 is 19.7 Å². The molecule has 0 aliphatic carbocycles. The maximum atomic E-state index is 13.8. The van der Waals surface area contributed by atoms with Gasteiger partial charge in [0.25, 0.3) is 0 Å².